The fourth-order valence-corrected chi connectivity index (χ4v) is 5.73. The van der Waals surface area contributed by atoms with Crippen LogP contribution in [0.1, 0.15) is 70.8 Å². The van der Waals surface area contributed by atoms with Crippen LogP contribution in [0.3, 0.4) is 0 Å². The van der Waals surface area contributed by atoms with Gasteiger partial charge in [-0.1, -0.05) is 20.8 Å². The summed E-state index contributed by atoms with van der Waals surface area (Å²) >= 11 is 0. The molecule has 1 aromatic carbocycles. The maximum absolute atomic E-state index is 4.22. The van der Waals surface area contributed by atoms with Crippen LogP contribution in [0.15, 0.2) is 73.6 Å². The van der Waals surface area contributed by atoms with E-state index in [1.165, 1.54) is 16.7 Å². The second-order valence-corrected chi connectivity index (χ2v) is 9.50. The van der Waals surface area contributed by atoms with Gasteiger partial charge in [-0.2, -0.15) is 0 Å². The van der Waals surface area contributed by atoms with E-state index in [1.807, 2.05) is 37.2 Å². The molecule has 0 bridgehead atoms. The van der Waals surface area contributed by atoms with Gasteiger partial charge < -0.3 is 0 Å². The predicted molar refractivity (Wildman–Crippen MR) is 150 cm³/mol. The van der Waals surface area contributed by atoms with E-state index in [9.17, 15) is 0 Å². The number of aromatic nitrogens is 3. The highest BCUT2D eigenvalue weighted by Gasteiger charge is 2.21. The molecule has 3 heteroatoms. The summed E-state index contributed by atoms with van der Waals surface area (Å²) in [7, 11) is 0. The number of nitrogens with zero attached hydrogens (tertiary/aromatic N) is 3. The van der Waals surface area contributed by atoms with Gasteiger partial charge in [-0.25, -0.2) is 0 Å². The SMILES string of the molecule is CCc1c(CCc2ccncc2)c(CC)c(CCc2ccncc2)c(CC)c1CCc1ccncc1. The Morgan fingerprint density at radius 2 is 0.611 bits per heavy atom. The van der Waals surface area contributed by atoms with Gasteiger partial charge in [0.05, 0.1) is 0 Å². The van der Waals surface area contributed by atoms with Crippen LogP contribution in [-0.2, 0) is 57.8 Å². The first-order valence-electron chi connectivity index (χ1n) is 13.6. The summed E-state index contributed by atoms with van der Waals surface area (Å²) in [6, 6.07) is 13.0. The maximum atomic E-state index is 4.22. The van der Waals surface area contributed by atoms with Crippen molar-refractivity contribution in [3.05, 3.63) is 124 Å². The standard InChI is InChI=1S/C33H39N3/c1-4-28-31(10-7-25-13-19-34-20-14-25)29(5-2)33(12-9-27-17-23-36-24-18-27)30(6-3)32(28)11-8-26-15-21-35-22-16-26/h13-24H,4-12H2,1-3H3. The Hall–Kier alpha value is -3.33. The molecule has 0 amide bonds. The Bertz CT molecular complexity index is 1040. The molecule has 0 aliphatic carbocycles. The molecule has 0 saturated heterocycles. The molecule has 4 aromatic rings. The summed E-state index contributed by atoms with van der Waals surface area (Å²) in [4.78, 5) is 12.6. The Morgan fingerprint density at radius 1 is 0.361 bits per heavy atom. The lowest BCUT2D eigenvalue weighted by molar-refractivity contribution is 0.813. The van der Waals surface area contributed by atoms with E-state index < -0.39 is 0 Å². The van der Waals surface area contributed by atoms with Gasteiger partial charge in [-0.05, 0) is 144 Å². The molecule has 186 valence electrons. The highest BCUT2D eigenvalue weighted by molar-refractivity contribution is 5.53. The van der Waals surface area contributed by atoms with Crippen LogP contribution in [0, 0.1) is 0 Å². The molecule has 0 saturated carbocycles. The van der Waals surface area contributed by atoms with Crippen molar-refractivity contribution in [3.63, 3.8) is 0 Å². The molecule has 0 aliphatic rings. The van der Waals surface area contributed by atoms with Gasteiger partial charge in [0.1, 0.15) is 0 Å². The van der Waals surface area contributed by atoms with Crippen molar-refractivity contribution in [1.29, 1.82) is 0 Å². The van der Waals surface area contributed by atoms with Gasteiger partial charge in [-0.15, -0.1) is 0 Å². The van der Waals surface area contributed by atoms with E-state index >= 15 is 0 Å². The van der Waals surface area contributed by atoms with Crippen LogP contribution in [0.25, 0.3) is 0 Å². The number of aryl methyl sites for hydroxylation is 3. The average Bonchev–Trinajstić information content (AvgIpc) is 2.94. The zero-order chi connectivity index (χ0) is 25.2. The van der Waals surface area contributed by atoms with Crippen molar-refractivity contribution in [2.75, 3.05) is 0 Å². The first kappa shape index (κ1) is 25.8. The minimum atomic E-state index is 1.06. The third-order valence-electron chi connectivity index (χ3n) is 7.49. The molecule has 0 aliphatic heterocycles. The molecular weight excluding hydrogens is 438 g/mol. The van der Waals surface area contributed by atoms with E-state index in [0.717, 1.165) is 57.8 Å². The van der Waals surface area contributed by atoms with Crippen LogP contribution >= 0.6 is 0 Å². The van der Waals surface area contributed by atoms with Gasteiger partial charge in [0, 0.05) is 37.2 Å². The zero-order valence-corrected chi connectivity index (χ0v) is 22.1. The van der Waals surface area contributed by atoms with E-state index in [4.69, 9.17) is 0 Å². The van der Waals surface area contributed by atoms with Crippen molar-refractivity contribution in [2.45, 2.75) is 78.6 Å². The lowest BCUT2D eigenvalue weighted by Gasteiger charge is -2.26. The van der Waals surface area contributed by atoms with Gasteiger partial charge in [0.25, 0.3) is 0 Å². The Labute approximate surface area is 217 Å². The minimum Gasteiger partial charge on any atom is -0.265 e. The molecule has 0 N–H and O–H groups in total. The summed E-state index contributed by atoms with van der Waals surface area (Å²) in [5, 5.41) is 0. The number of hydrogen-bond donors (Lipinski definition) is 0. The number of pyridine rings is 3. The lowest BCUT2D eigenvalue weighted by Crippen LogP contribution is -2.15. The topological polar surface area (TPSA) is 38.7 Å². The molecular formula is C33H39N3. The summed E-state index contributed by atoms with van der Waals surface area (Å²) in [6.45, 7) is 7.03. The van der Waals surface area contributed by atoms with Crippen LogP contribution < -0.4 is 0 Å². The third kappa shape index (κ3) is 6.26. The fraction of sp³-hybridized carbons (Fsp3) is 0.364. The normalized spacial score (nSPS) is 11.1. The summed E-state index contributed by atoms with van der Waals surface area (Å²) in [5.74, 6) is 0. The van der Waals surface area contributed by atoms with E-state index in [2.05, 4.69) is 72.1 Å². The quantitative estimate of drug-likeness (QED) is 0.222. The first-order valence-corrected chi connectivity index (χ1v) is 13.6. The summed E-state index contributed by atoms with van der Waals surface area (Å²) in [6.07, 6.45) is 21.2. The Balaban J connectivity index is 1.77. The van der Waals surface area contributed by atoms with Crippen LogP contribution in [0.5, 0.6) is 0 Å². The summed E-state index contributed by atoms with van der Waals surface area (Å²) in [5.41, 5.74) is 13.7. The molecule has 4 rings (SSSR count). The molecule has 0 unspecified atom stereocenters. The molecule has 0 fully saturated rings. The Kier molecular flexibility index (Phi) is 9.38. The molecule has 0 radical (unpaired) electrons. The lowest BCUT2D eigenvalue weighted by atomic mass is 9.78. The predicted octanol–water partition coefficient (Wildman–Crippen LogP) is 6.91. The van der Waals surface area contributed by atoms with Crippen molar-refractivity contribution in [3.8, 4) is 0 Å². The average molecular weight is 478 g/mol. The van der Waals surface area contributed by atoms with Crippen LogP contribution in [0.2, 0.25) is 0 Å². The number of benzene rings is 1. The molecule has 0 atom stereocenters. The van der Waals surface area contributed by atoms with Gasteiger partial charge in [0.15, 0.2) is 0 Å². The summed E-state index contributed by atoms with van der Waals surface area (Å²) < 4.78 is 0. The molecule has 3 heterocycles. The van der Waals surface area contributed by atoms with Gasteiger partial charge in [-0.3, -0.25) is 15.0 Å². The molecule has 3 nitrogen and oxygen atoms in total. The van der Waals surface area contributed by atoms with E-state index in [-0.39, 0.29) is 0 Å². The Morgan fingerprint density at radius 3 is 0.833 bits per heavy atom. The van der Waals surface area contributed by atoms with Crippen LogP contribution in [-0.4, -0.2) is 15.0 Å². The van der Waals surface area contributed by atoms with Crippen LogP contribution in [0.4, 0.5) is 0 Å². The third-order valence-corrected chi connectivity index (χ3v) is 7.49. The monoisotopic (exact) mass is 477 g/mol. The fourth-order valence-electron chi connectivity index (χ4n) is 5.73. The highest BCUT2D eigenvalue weighted by Crippen LogP contribution is 2.33. The highest BCUT2D eigenvalue weighted by atomic mass is 14.6. The zero-order valence-electron chi connectivity index (χ0n) is 22.1. The van der Waals surface area contributed by atoms with E-state index in [0.29, 0.717) is 0 Å². The number of rotatable bonds is 12. The smallest absolute Gasteiger partial charge is 0.0270 e. The number of hydrogen-bond acceptors (Lipinski definition) is 3. The molecule has 3 aromatic heterocycles. The first-order chi connectivity index (χ1) is 17.7. The second-order valence-electron chi connectivity index (χ2n) is 9.50. The minimum absolute atomic E-state index is 1.06. The molecule has 0 spiro atoms. The molecule has 36 heavy (non-hydrogen) atoms. The van der Waals surface area contributed by atoms with Gasteiger partial charge >= 0.3 is 0 Å². The second kappa shape index (κ2) is 13.1. The van der Waals surface area contributed by atoms with Crippen molar-refractivity contribution in [1.82, 2.24) is 15.0 Å². The largest absolute Gasteiger partial charge is 0.265 e. The maximum Gasteiger partial charge on any atom is 0.0270 e. The van der Waals surface area contributed by atoms with E-state index in [1.54, 1.807) is 33.4 Å². The van der Waals surface area contributed by atoms with Crippen molar-refractivity contribution >= 4 is 0 Å². The van der Waals surface area contributed by atoms with Gasteiger partial charge in [0.2, 0.25) is 0 Å². The van der Waals surface area contributed by atoms with Crippen molar-refractivity contribution < 1.29 is 0 Å². The van der Waals surface area contributed by atoms with Crippen molar-refractivity contribution in [2.24, 2.45) is 0 Å².